The molecule has 0 saturated carbocycles. The van der Waals surface area contributed by atoms with Crippen LogP contribution in [-0.4, -0.2) is 22.4 Å². The highest BCUT2D eigenvalue weighted by Gasteiger charge is 2.07. The van der Waals surface area contributed by atoms with Crippen LogP contribution in [0.15, 0.2) is 60.8 Å². The van der Waals surface area contributed by atoms with Crippen LogP contribution in [0, 0.1) is 0 Å². The minimum atomic E-state index is -0.156. The normalized spacial score (nSPS) is 10.5. The van der Waals surface area contributed by atoms with E-state index in [2.05, 4.69) is 15.3 Å². The molecule has 1 aromatic carbocycles. The van der Waals surface area contributed by atoms with Gasteiger partial charge in [0.2, 0.25) is 0 Å². The number of pyridine rings is 2. The number of carbonyl (C=O) groups excluding carboxylic acids is 1. The molecule has 4 nitrogen and oxygen atoms in total. The lowest BCUT2D eigenvalue weighted by Crippen LogP contribution is -2.26. The number of aromatic nitrogens is 2. The fourth-order valence-corrected chi connectivity index (χ4v) is 2.13. The van der Waals surface area contributed by atoms with Crippen molar-refractivity contribution >= 4 is 16.8 Å². The van der Waals surface area contributed by atoms with Gasteiger partial charge in [-0.1, -0.05) is 30.3 Å². The molecule has 0 aliphatic rings. The van der Waals surface area contributed by atoms with Crippen molar-refractivity contribution in [2.45, 2.75) is 6.42 Å². The smallest absolute Gasteiger partial charge is 0.269 e. The summed E-state index contributed by atoms with van der Waals surface area (Å²) in [6.45, 7) is 0.546. The van der Waals surface area contributed by atoms with Crippen LogP contribution in [-0.2, 0) is 6.42 Å². The molecule has 0 atom stereocenters. The van der Waals surface area contributed by atoms with Gasteiger partial charge in [0.15, 0.2) is 0 Å². The number of rotatable bonds is 4. The zero-order valence-electron chi connectivity index (χ0n) is 11.5. The predicted molar refractivity (Wildman–Crippen MR) is 82.0 cm³/mol. The highest BCUT2D eigenvalue weighted by Crippen LogP contribution is 2.11. The molecule has 1 amide bonds. The van der Waals surface area contributed by atoms with E-state index < -0.39 is 0 Å². The summed E-state index contributed by atoms with van der Waals surface area (Å²) in [5.74, 6) is -0.156. The summed E-state index contributed by atoms with van der Waals surface area (Å²) in [4.78, 5) is 20.7. The average Bonchev–Trinajstić information content (AvgIpc) is 2.55. The largest absolute Gasteiger partial charge is 0.350 e. The lowest BCUT2D eigenvalue weighted by atomic mass is 10.2. The van der Waals surface area contributed by atoms with Crippen molar-refractivity contribution in [3.05, 3.63) is 72.2 Å². The van der Waals surface area contributed by atoms with Crippen LogP contribution < -0.4 is 5.32 Å². The van der Waals surface area contributed by atoms with E-state index in [0.717, 1.165) is 16.6 Å². The van der Waals surface area contributed by atoms with Crippen molar-refractivity contribution in [1.82, 2.24) is 15.3 Å². The van der Waals surface area contributed by atoms with E-state index in [1.54, 1.807) is 12.3 Å². The lowest BCUT2D eigenvalue weighted by Gasteiger charge is -2.05. The maximum absolute atomic E-state index is 12.1. The third-order valence-electron chi connectivity index (χ3n) is 3.22. The number of amides is 1. The molecule has 0 unspecified atom stereocenters. The fourth-order valence-electron chi connectivity index (χ4n) is 2.13. The topological polar surface area (TPSA) is 54.9 Å². The monoisotopic (exact) mass is 277 g/mol. The van der Waals surface area contributed by atoms with Crippen LogP contribution in [0.25, 0.3) is 10.9 Å². The summed E-state index contributed by atoms with van der Waals surface area (Å²) >= 11 is 0. The number of nitrogens with one attached hydrogen (secondary N) is 1. The van der Waals surface area contributed by atoms with Crippen molar-refractivity contribution in [1.29, 1.82) is 0 Å². The number of hydrogen-bond acceptors (Lipinski definition) is 3. The number of benzene rings is 1. The van der Waals surface area contributed by atoms with Gasteiger partial charge >= 0.3 is 0 Å². The van der Waals surface area contributed by atoms with E-state index in [1.807, 2.05) is 48.5 Å². The Hall–Kier alpha value is -2.75. The molecule has 21 heavy (non-hydrogen) atoms. The molecule has 2 aromatic heterocycles. The molecule has 0 radical (unpaired) electrons. The van der Waals surface area contributed by atoms with E-state index in [-0.39, 0.29) is 5.91 Å². The van der Waals surface area contributed by atoms with Gasteiger partial charge in [0.1, 0.15) is 5.69 Å². The summed E-state index contributed by atoms with van der Waals surface area (Å²) < 4.78 is 0. The molecule has 0 bridgehead atoms. The van der Waals surface area contributed by atoms with Crippen molar-refractivity contribution in [2.75, 3.05) is 6.54 Å². The van der Waals surface area contributed by atoms with E-state index in [4.69, 9.17) is 0 Å². The quantitative estimate of drug-likeness (QED) is 0.797. The second-order valence-corrected chi connectivity index (χ2v) is 4.72. The molecule has 0 aliphatic heterocycles. The van der Waals surface area contributed by atoms with E-state index >= 15 is 0 Å². The second kappa shape index (κ2) is 6.13. The van der Waals surface area contributed by atoms with E-state index in [0.29, 0.717) is 18.7 Å². The van der Waals surface area contributed by atoms with Gasteiger partial charge in [0.25, 0.3) is 5.91 Å². The summed E-state index contributed by atoms with van der Waals surface area (Å²) in [5.41, 5.74) is 2.23. The number of hydrogen-bond donors (Lipinski definition) is 1. The number of nitrogens with zero attached hydrogens (tertiary/aromatic N) is 2. The van der Waals surface area contributed by atoms with Crippen molar-refractivity contribution < 1.29 is 4.79 Å². The van der Waals surface area contributed by atoms with Crippen molar-refractivity contribution in [2.24, 2.45) is 0 Å². The first kappa shape index (κ1) is 13.2. The van der Waals surface area contributed by atoms with Crippen LogP contribution in [0.4, 0.5) is 0 Å². The van der Waals surface area contributed by atoms with Gasteiger partial charge in [-0.15, -0.1) is 0 Å². The molecule has 4 heteroatoms. The Labute approximate surface area is 122 Å². The molecule has 0 saturated heterocycles. The summed E-state index contributed by atoms with van der Waals surface area (Å²) in [7, 11) is 0. The lowest BCUT2D eigenvalue weighted by molar-refractivity contribution is 0.0949. The standard InChI is InChI=1S/C17H15N3O/c21-17(19-12-10-14-6-3-4-11-18-14)16-9-8-13-5-1-2-7-15(13)20-16/h1-9,11H,10,12H2,(H,19,21). The van der Waals surface area contributed by atoms with Crippen molar-refractivity contribution in [3.8, 4) is 0 Å². The molecule has 0 aliphatic carbocycles. The first-order valence-corrected chi connectivity index (χ1v) is 6.87. The summed E-state index contributed by atoms with van der Waals surface area (Å²) in [6, 6.07) is 17.2. The van der Waals surface area contributed by atoms with Crippen molar-refractivity contribution in [3.63, 3.8) is 0 Å². The number of carbonyl (C=O) groups is 1. The predicted octanol–water partition coefficient (Wildman–Crippen LogP) is 2.60. The molecule has 104 valence electrons. The summed E-state index contributed by atoms with van der Waals surface area (Å²) in [5, 5.41) is 3.90. The Bertz CT molecular complexity index is 756. The maximum atomic E-state index is 12.1. The van der Waals surface area contributed by atoms with Gasteiger partial charge in [-0.2, -0.15) is 0 Å². The molecule has 3 aromatic rings. The number of para-hydroxylation sites is 1. The van der Waals surface area contributed by atoms with Gasteiger partial charge in [-0.3, -0.25) is 9.78 Å². The Kier molecular flexibility index (Phi) is 3.87. The van der Waals surface area contributed by atoms with Gasteiger partial charge in [0, 0.05) is 30.2 Å². The first-order chi connectivity index (χ1) is 10.3. The maximum Gasteiger partial charge on any atom is 0.269 e. The van der Waals surface area contributed by atoms with Crippen LogP contribution in [0.1, 0.15) is 16.2 Å². The van der Waals surface area contributed by atoms with E-state index in [1.165, 1.54) is 0 Å². The van der Waals surface area contributed by atoms with Gasteiger partial charge in [-0.25, -0.2) is 4.98 Å². The molecule has 1 N–H and O–H groups in total. The Morgan fingerprint density at radius 2 is 1.86 bits per heavy atom. The Morgan fingerprint density at radius 1 is 1.00 bits per heavy atom. The average molecular weight is 277 g/mol. The minimum absolute atomic E-state index is 0.156. The van der Waals surface area contributed by atoms with Crippen LogP contribution in [0.2, 0.25) is 0 Å². The molecular formula is C17H15N3O. The Balaban J connectivity index is 1.64. The third kappa shape index (κ3) is 3.23. The van der Waals surface area contributed by atoms with Crippen LogP contribution in [0.5, 0.6) is 0 Å². The van der Waals surface area contributed by atoms with Gasteiger partial charge < -0.3 is 5.32 Å². The molecular weight excluding hydrogens is 262 g/mol. The minimum Gasteiger partial charge on any atom is -0.350 e. The van der Waals surface area contributed by atoms with Crippen LogP contribution in [0.3, 0.4) is 0 Å². The first-order valence-electron chi connectivity index (χ1n) is 6.87. The molecule has 0 fully saturated rings. The SMILES string of the molecule is O=C(NCCc1ccccn1)c1ccc2ccccc2n1. The van der Waals surface area contributed by atoms with Gasteiger partial charge in [0.05, 0.1) is 5.52 Å². The fraction of sp³-hybridized carbons (Fsp3) is 0.118. The second-order valence-electron chi connectivity index (χ2n) is 4.72. The molecule has 3 rings (SSSR count). The molecule has 0 spiro atoms. The zero-order chi connectivity index (χ0) is 14.5. The highest BCUT2D eigenvalue weighted by atomic mass is 16.1. The zero-order valence-corrected chi connectivity index (χ0v) is 11.5. The van der Waals surface area contributed by atoms with E-state index in [9.17, 15) is 4.79 Å². The summed E-state index contributed by atoms with van der Waals surface area (Å²) in [6.07, 6.45) is 2.46. The highest BCUT2D eigenvalue weighted by molar-refractivity contribution is 5.94. The molecule has 2 heterocycles. The van der Waals surface area contributed by atoms with Gasteiger partial charge in [-0.05, 0) is 24.3 Å². The number of fused-ring (bicyclic) bond motifs is 1. The Morgan fingerprint density at radius 3 is 2.71 bits per heavy atom. The third-order valence-corrected chi connectivity index (χ3v) is 3.22. The van der Waals surface area contributed by atoms with Crippen LogP contribution >= 0.6 is 0 Å².